The molecule has 0 aliphatic rings. The molecule has 4 nitrogen and oxygen atoms in total. The van der Waals surface area contributed by atoms with Crippen molar-refractivity contribution in [3.05, 3.63) is 35.2 Å². The predicted molar refractivity (Wildman–Crippen MR) is 80.5 cm³/mol. The van der Waals surface area contributed by atoms with Gasteiger partial charge >= 0.3 is 0 Å². The molecule has 0 saturated carbocycles. The Morgan fingerprint density at radius 1 is 1.15 bits per heavy atom. The second-order valence-electron chi connectivity index (χ2n) is 5.16. The summed E-state index contributed by atoms with van der Waals surface area (Å²) in [6, 6.07) is 6.34. The lowest BCUT2D eigenvalue weighted by Gasteiger charge is -2.11. The SMILES string of the molecule is CCCNC(CC)c1nnc(-c2ccc(C)c(C)c2)o1. The number of benzene rings is 1. The fourth-order valence-corrected chi connectivity index (χ4v) is 2.09. The van der Waals surface area contributed by atoms with Gasteiger partial charge in [0.05, 0.1) is 6.04 Å². The highest BCUT2D eigenvalue weighted by molar-refractivity contribution is 5.55. The third-order valence-corrected chi connectivity index (χ3v) is 3.54. The van der Waals surface area contributed by atoms with Gasteiger partial charge in [-0.3, -0.25) is 0 Å². The summed E-state index contributed by atoms with van der Waals surface area (Å²) >= 11 is 0. The van der Waals surface area contributed by atoms with Gasteiger partial charge in [0.25, 0.3) is 0 Å². The molecule has 0 amide bonds. The highest BCUT2D eigenvalue weighted by Crippen LogP contribution is 2.23. The topological polar surface area (TPSA) is 51.0 Å². The molecule has 20 heavy (non-hydrogen) atoms. The molecule has 1 aromatic carbocycles. The lowest BCUT2D eigenvalue weighted by Crippen LogP contribution is -2.21. The van der Waals surface area contributed by atoms with Crippen molar-refractivity contribution in [1.82, 2.24) is 15.5 Å². The van der Waals surface area contributed by atoms with E-state index in [1.54, 1.807) is 0 Å². The van der Waals surface area contributed by atoms with Crippen LogP contribution in [0.3, 0.4) is 0 Å². The van der Waals surface area contributed by atoms with Gasteiger partial charge in [0.15, 0.2) is 0 Å². The molecule has 4 heteroatoms. The van der Waals surface area contributed by atoms with Crippen molar-refractivity contribution in [2.75, 3.05) is 6.54 Å². The van der Waals surface area contributed by atoms with Crippen molar-refractivity contribution in [2.45, 2.75) is 46.6 Å². The van der Waals surface area contributed by atoms with Crippen LogP contribution in [0, 0.1) is 13.8 Å². The second kappa shape index (κ2) is 6.66. The Hall–Kier alpha value is -1.68. The molecule has 0 aliphatic carbocycles. The molecule has 0 radical (unpaired) electrons. The normalized spacial score (nSPS) is 12.6. The maximum absolute atomic E-state index is 5.83. The summed E-state index contributed by atoms with van der Waals surface area (Å²) in [6.45, 7) is 9.41. The number of nitrogens with zero attached hydrogens (tertiary/aromatic N) is 2. The van der Waals surface area contributed by atoms with E-state index in [-0.39, 0.29) is 6.04 Å². The summed E-state index contributed by atoms with van der Waals surface area (Å²) in [7, 11) is 0. The van der Waals surface area contributed by atoms with Crippen LogP contribution in [-0.2, 0) is 0 Å². The molecular formula is C16H23N3O. The largest absolute Gasteiger partial charge is 0.419 e. The number of hydrogen-bond acceptors (Lipinski definition) is 4. The lowest BCUT2D eigenvalue weighted by molar-refractivity contribution is 0.396. The lowest BCUT2D eigenvalue weighted by atomic mass is 10.1. The van der Waals surface area contributed by atoms with Crippen LogP contribution in [0.5, 0.6) is 0 Å². The van der Waals surface area contributed by atoms with Crippen LogP contribution in [0.2, 0.25) is 0 Å². The van der Waals surface area contributed by atoms with Crippen LogP contribution >= 0.6 is 0 Å². The summed E-state index contributed by atoms with van der Waals surface area (Å²) in [6.07, 6.45) is 2.03. The van der Waals surface area contributed by atoms with E-state index >= 15 is 0 Å². The number of aromatic nitrogens is 2. The maximum atomic E-state index is 5.83. The van der Waals surface area contributed by atoms with Crippen molar-refractivity contribution in [3.63, 3.8) is 0 Å². The van der Waals surface area contributed by atoms with Gasteiger partial charge in [-0.15, -0.1) is 10.2 Å². The van der Waals surface area contributed by atoms with Gasteiger partial charge in [-0.2, -0.15) is 0 Å². The van der Waals surface area contributed by atoms with Gasteiger partial charge in [-0.25, -0.2) is 0 Å². The van der Waals surface area contributed by atoms with Crippen molar-refractivity contribution in [1.29, 1.82) is 0 Å². The molecule has 108 valence electrons. The highest BCUT2D eigenvalue weighted by Gasteiger charge is 2.17. The molecule has 1 heterocycles. The Bertz CT molecular complexity index is 563. The minimum atomic E-state index is 0.141. The van der Waals surface area contributed by atoms with Gasteiger partial charge in [-0.1, -0.05) is 19.9 Å². The summed E-state index contributed by atoms with van der Waals surface area (Å²) < 4.78 is 5.83. The predicted octanol–water partition coefficient (Wildman–Crippen LogP) is 3.80. The molecule has 1 N–H and O–H groups in total. The fraction of sp³-hybridized carbons (Fsp3) is 0.500. The standard InChI is InChI=1S/C16H23N3O/c1-5-9-17-14(6-2)16-19-18-15(20-16)13-8-7-11(3)12(4)10-13/h7-8,10,14,17H,5-6,9H2,1-4H3. The van der Waals surface area contributed by atoms with E-state index < -0.39 is 0 Å². The molecule has 1 unspecified atom stereocenters. The Labute approximate surface area is 120 Å². The molecule has 2 aromatic rings. The Balaban J connectivity index is 2.20. The summed E-state index contributed by atoms with van der Waals surface area (Å²) in [4.78, 5) is 0. The first-order valence-electron chi connectivity index (χ1n) is 7.30. The number of aryl methyl sites for hydroxylation is 2. The van der Waals surface area contributed by atoms with E-state index in [4.69, 9.17) is 4.42 Å². The average Bonchev–Trinajstić information content (AvgIpc) is 2.92. The molecule has 2 rings (SSSR count). The number of rotatable bonds is 6. The minimum absolute atomic E-state index is 0.141. The van der Waals surface area contributed by atoms with Crippen molar-refractivity contribution in [3.8, 4) is 11.5 Å². The molecule has 1 atom stereocenters. The number of hydrogen-bond donors (Lipinski definition) is 1. The minimum Gasteiger partial charge on any atom is -0.419 e. The molecule has 0 aliphatic heterocycles. The smallest absolute Gasteiger partial charge is 0.247 e. The first-order chi connectivity index (χ1) is 9.65. The quantitative estimate of drug-likeness (QED) is 0.869. The number of nitrogens with one attached hydrogen (secondary N) is 1. The highest BCUT2D eigenvalue weighted by atomic mass is 16.4. The van der Waals surface area contributed by atoms with Gasteiger partial charge in [0, 0.05) is 5.56 Å². The molecule has 0 fully saturated rings. The van der Waals surface area contributed by atoms with E-state index in [0.29, 0.717) is 11.8 Å². The average molecular weight is 273 g/mol. The third-order valence-electron chi connectivity index (χ3n) is 3.54. The third kappa shape index (κ3) is 3.25. The van der Waals surface area contributed by atoms with Crippen molar-refractivity contribution in [2.24, 2.45) is 0 Å². The summed E-state index contributed by atoms with van der Waals surface area (Å²) in [5.74, 6) is 1.27. The van der Waals surface area contributed by atoms with Crippen LogP contribution in [0.15, 0.2) is 22.6 Å². The van der Waals surface area contributed by atoms with Gasteiger partial charge in [0.2, 0.25) is 11.8 Å². The zero-order valence-electron chi connectivity index (χ0n) is 12.7. The van der Waals surface area contributed by atoms with E-state index in [2.05, 4.69) is 55.3 Å². The zero-order chi connectivity index (χ0) is 14.5. The van der Waals surface area contributed by atoms with Gasteiger partial charge in [0.1, 0.15) is 0 Å². The maximum Gasteiger partial charge on any atom is 0.247 e. The molecule has 0 spiro atoms. The van der Waals surface area contributed by atoms with Crippen molar-refractivity contribution >= 4 is 0 Å². The first kappa shape index (κ1) is 14.7. The van der Waals surface area contributed by atoms with Crippen LogP contribution in [-0.4, -0.2) is 16.7 Å². The second-order valence-corrected chi connectivity index (χ2v) is 5.16. The Morgan fingerprint density at radius 3 is 2.60 bits per heavy atom. The fourth-order valence-electron chi connectivity index (χ4n) is 2.09. The van der Waals surface area contributed by atoms with E-state index in [1.807, 2.05) is 6.07 Å². The van der Waals surface area contributed by atoms with Gasteiger partial charge in [-0.05, 0) is 56.5 Å². The van der Waals surface area contributed by atoms with Crippen LogP contribution in [0.25, 0.3) is 11.5 Å². The van der Waals surface area contributed by atoms with E-state index in [1.165, 1.54) is 11.1 Å². The summed E-state index contributed by atoms with van der Waals surface area (Å²) in [5.41, 5.74) is 3.49. The molecular weight excluding hydrogens is 250 g/mol. The molecule has 0 bridgehead atoms. The van der Waals surface area contributed by atoms with Crippen molar-refractivity contribution < 1.29 is 4.42 Å². The first-order valence-corrected chi connectivity index (χ1v) is 7.30. The van der Waals surface area contributed by atoms with Gasteiger partial charge < -0.3 is 9.73 Å². The monoisotopic (exact) mass is 273 g/mol. The Kier molecular flexibility index (Phi) is 4.90. The van der Waals surface area contributed by atoms with Crippen LogP contribution in [0.4, 0.5) is 0 Å². The van der Waals surface area contributed by atoms with E-state index in [0.717, 1.165) is 24.9 Å². The summed E-state index contributed by atoms with van der Waals surface area (Å²) in [5, 5.41) is 11.8. The zero-order valence-corrected chi connectivity index (χ0v) is 12.7. The van der Waals surface area contributed by atoms with Crippen LogP contribution < -0.4 is 5.32 Å². The van der Waals surface area contributed by atoms with E-state index in [9.17, 15) is 0 Å². The Morgan fingerprint density at radius 2 is 1.95 bits per heavy atom. The molecule has 1 aromatic heterocycles. The van der Waals surface area contributed by atoms with Crippen LogP contribution in [0.1, 0.15) is 49.7 Å². The molecule has 0 saturated heterocycles.